The van der Waals surface area contributed by atoms with E-state index in [2.05, 4.69) is 15.6 Å². The molecule has 2 N–H and O–H groups in total. The Kier molecular flexibility index (Phi) is 10.7. The summed E-state index contributed by atoms with van der Waals surface area (Å²) in [6.45, 7) is 6.06. The average molecular weight is 592 g/mol. The highest BCUT2D eigenvalue weighted by Crippen LogP contribution is 2.32. The van der Waals surface area contributed by atoms with E-state index in [1.807, 2.05) is 13.8 Å². The van der Waals surface area contributed by atoms with Crippen molar-refractivity contribution in [3.63, 3.8) is 0 Å². The van der Waals surface area contributed by atoms with Crippen molar-refractivity contribution in [3.8, 4) is 11.5 Å². The number of urea groups is 1. The summed E-state index contributed by atoms with van der Waals surface area (Å²) in [7, 11) is -0.942. The second kappa shape index (κ2) is 14.0. The van der Waals surface area contributed by atoms with Crippen LogP contribution < -0.4 is 25.0 Å². The molecule has 0 aliphatic heterocycles. The Balaban J connectivity index is 1.74. The largest absolute Gasteiger partial charge is 0.494 e. The lowest BCUT2D eigenvalue weighted by molar-refractivity contribution is 0.164. The number of sulfonamides is 1. The van der Waals surface area contributed by atoms with Gasteiger partial charge in [0.25, 0.3) is 10.0 Å². The van der Waals surface area contributed by atoms with Gasteiger partial charge in [-0.05, 0) is 69.3 Å². The van der Waals surface area contributed by atoms with Crippen molar-refractivity contribution < 1.29 is 32.2 Å². The van der Waals surface area contributed by atoms with E-state index in [1.54, 1.807) is 55.5 Å². The highest BCUT2D eigenvalue weighted by atomic mass is 32.2. The van der Waals surface area contributed by atoms with Crippen LogP contribution in [-0.4, -0.2) is 70.3 Å². The van der Waals surface area contributed by atoms with E-state index in [4.69, 9.17) is 14.2 Å². The van der Waals surface area contributed by atoms with Gasteiger partial charge in [0, 0.05) is 25.5 Å². The molecule has 0 bridgehead atoms. The lowest BCUT2D eigenvalue weighted by Crippen LogP contribution is -2.38. The monoisotopic (exact) mass is 591 g/mol. The number of carbonyl (C=O) groups is 2. The van der Waals surface area contributed by atoms with Gasteiger partial charge in [-0.3, -0.25) is 10.2 Å². The molecule has 1 heterocycles. The Labute approximate surface area is 237 Å². The molecular weight excluding hydrogens is 558 g/mol. The predicted octanol–water partition coefficient (Wildman–Crippen LogP) is 4.79. The van der Waals surface area contributed by atoms with Crippen molar-refractivity contribution in [2.24, 2.45) is 0 Å². The van der Waals surface area contributed by atoms with Crippen LogP contribution in [0.5, 0.6) is 11.5 Å². The Hall–Kier alpha value is -3.88. The van der Waals surface area contributed by atoms with Gasteiger partial charge in [-0.25, -0.2) is 27.3 Å². The van der Waals surface area contributed by atoms with Crippen LogP contribution >= 0.6 is 11.3 Å². The number of nitrogens with zero attached hydrogens (tertiary/aromatic N) is 3. The van der Waals surface area contributed by atoms with E-state index in [1.165, 1.54) is 19.0 Å². The number of hydrogen-bond acceptors (Lipinski definition) is 9. The van der Waals surface area contributed by atoms with Crippen LogP contribution in [0.2, 0.25) is 0 Å². The Bertz CT molecular complexity index is 1390. The summed E-state index contributed by atoms with van der Waals surface area (Å²) in [5.41, 5.74) is 1.25. The van der Waals surface area contributed by atoms with Gasteiger partial charge in [0.2, 0.25) is 0 Å². The number of anilines is 3. The standard InChI is InChI=1S/C26H33N5O7S2/c1-6-36-21-12-8-19(9-13-21)28-24(32)31(25-27-18(3)23(39-25)40(34,35)30(4)5)16-17-38-26(33)29-20-10-14-22(15-11-20)37-7-2/h8-15H,6-7,16-17H2,1-5H3,(H,28,32)(H,29,33). The molecule has 0 aliphatic rings. The molecule has 12 nitrogen and oxygen atoms in total. The number of aromatic nitrogens is 1. The molecule has 216 valence electrons. The van der Waals surface area contributed by atoms with Gasteiger partial charge in [0.05, 0.1) is 25.5 Å². The first-order valence-corrected chi connectivity index (χ1v) is 14.7. The molecule has 0 fully saturated rings. The second-order valence-corrected chi connectivity index (χ2v) is 11.7. The second-order valence-electron chi connectivity index (χ2n) is 8.41. The molecular formula is C26H33N5O7S2. The number of ether oxygens (including phenoxy) is 3. The third kappa shape index (κ3) is 8.07. The number of nitrogens with one attached hydrogen (secondary N) is 2. The van der Waals surface area contributed by atoms with E-state index < -0.39 is 22.1 Å². The van der Waals surface area contributed by atoms with Gasteiger partial charge < -0.3 is 19.5 Å². The number of thiazole rings is 1. The van der Waals surface area contributed by atoms with Crippen LogP contribution in [0.1, 0.15) is 19.5 Å². The molecule has 0 atom stereocenters. The number of hydrogen-bond donors (Lipinski definition) is 2. The van der Waals surface area contributed by atoms with Gasteiger partial charge in [0.1, 0.15) is 18.1 Å². The van der Waals surface area contributed by atoms with E-state index in [-0.39, 0.29) is 28.2 Å². The fourth-order valence-corrected chi connectivity index (χ4v) is 6.02. The van der Waals surface area contributed by atoms with E-state index in [0.717, 1.165) is 15.6 Å². The van der Waals surface area contributed by atoms with Crippen LogP contribution in [0.4, 0.5) is 26.1 Å². The summed E-state index contributed by atoms with van der Waals surface area (Å²) in [6, 6.07) is 13.0. The predicted molar refractivity (Wildman–Crippen MR) is 154 cm³/mol. The number of rotatable bonds is 12. The third-order valence-electron chi connectivity index (χ3n) is 5.31. The maximum Gasteiger partial charge on any atom is 0.411 e. The van der Waals surface area contributed by atoms with E-state index >= 15 is 0 Å². The lowest BCUT2D eigenvalue weighted by atomic mass is 10.3. The van der Waals surface area contributed by atoms with Crippen molar-refractivity contribution in [2.45, 2.75) is 25.0 Å². The number of aryl methyl sites for hydroxylation is 1. The molecule has 3 amide bonds. The normalized spacial score (nSPS) is 11.2. The van der Waals surface area contributed by atoms with Crippen LogP contribution in [-0.2, 0) is 14.8 Å². The van der Waals surface area contributed by atoms with Crippen LogP contribution in [0.25, 0.3) is 0 Å². The van der Waals surface area contributed by atoms with E-state index in [9.17, 15) is 18.0 Å². The van der Waals surface area contributed by atoms with Gasteiger partial charge in [-0.2, -0.15) is 0 Å². The molecule has 0 spiro atoms. The van der Waals surface area contributed by atoms with Crippen molar-refractivity contribution >= 4 is 50.0 Å². The Morgan fingerprint density at radius 2 is 1.43 bits per heavy atom. The highest BCUT2D eigenvalue weighted by Gasteiger charge is 2.28. The van der Waals surface area contributed by atoms with Crippen LogP contribution in [0, 0.1) is 6.92 Å². The minimum absolute atomic E-state index is 0.0144. The summed E-state index contributed by atoms with van der Waals surface area (Å²) in [6.07, 6.45) is -0.720. The summed E-state index contributed by atoms with van der Waals surface area (Å²) in [5, 5.41) is 5.51. The van der Waals surface area contributed by atoms with Gasteiger partial charge in [-0.15, -0.1) is 0 Å². The quantitative estimate of drug-likeness (QED) is 0.307. The zero-order valence-electron chi connectivity index (χ0n) is 23.0. The first-order chi connectivity index (χ1) is 19.0. The smallest absolute Gasteiger partial charge is 0.411 e. The summed E-state index contributed by atoms with van der Waals surface area (Å²) < 4.78 is 42.7. The summed E-state index contributed by atoms with van der Waals surface area (Å²) >= 11 is 0.854. The van der Waals surface area contributed by atoms with Gasteiger partial charge in [0.15, 0.2) is 9.34 Å². The molecule has 0 radical (unpaired) electrons. The van der Waals surface area contributed by atoms with Crippen LogP contribution in [0.3, 0.4) is 0 Å². The number of carbonyl (C=O) groups excluding carboxylic acids is 2. The Morgan fingerprint density at radius 1 is 0.900 bits per heavy atom. The fourth-order valence-electron chi connectivity index (χ4n) is 3.35. The zero-order chi connectivity index (χ0) is 29.3. The molecule has 14 heteroatoms. The number of benzene rings is 2. The van der Waals surface area contributed by atoms with Crippen molar-refractivity contribution in [3.05, 3.63) is 54.2 Å². The molecule has 1 aromatic heterocycles. The molecule has 0 unspecified atom stereocenters. The molecule has 0 saturated heterocycles. The minimum atomic E-state index is -3.78. The first-order valence-electron chi connectivity index (χ1n) is 12.4. The SMILES string of the molecule is CCOc1ccc(NC(=O)OCCN(C(=O)Nc2ccc(OCC)cc2)c2nc(C)c(S(=O)(=O)N(C)C)s2)cc1. The Morgan fingerprint density at radius 3 is 1.93 bits per heavy atom. The molecule has 0 aliphatic carbocycles. The maximum absolute atomic E-state index is 13.3. The molecule has 0 saturated carbocycles. The van der Waals surface area contributed by atoms with E-state index in [0.29, 0.717) is 36.1 Å². The van der Waals surface area contributed by atoms with Crippen molar-refractivity contribution in [1.29, 1.82) is 0 Å². The van der Waals surface area contributed by atoms with Crippen LogP contribution in [0.15, 0.2) is 52.7 Å². The highest BCUT2D eigenvalue weighted by molar-refractivity contribution is 7.91. The topological polar surface area (TPSA) is 139 Å². The fraction of sp³-hybridized carbons (Fsp3) is 0.346. The third-order valence-corrected chi connectivity index (χ3v) is 8.89. The summed E-state index contributed by atoms with van der Waals surface area (Å²) in [4.78, 5) is 31.2. The van der Waals surface area contributed by atoms with Gasteiger partial charge >= 0.3 is 12.1 Å². The number of amides is 3. The lowest BCUT2D eigenvalue weighted by Gasteiger charge is -2.20. The molecule has 3 aromatic rings. The van der Waals surface area contributed by atoms with Crippen molar-refractivity contribution in [1.82, 2.24) is 9.29 Å². The average Bonchev–Trinajstić information content (AvgIpc) is 3.31. The van der Waals surface area contributed by atoms with Crippen molar-refractivity contribution in [2.75, 3.05) is 56.0 Å². The van der Waals surface area contributed by atoms with Gasteiger partial charge in [-0.1, -0.05) is 11.3 Å². The maximum atomic E-state index is 13.3. The molecule has 2 aromatic carbocycles. The zero-order valence-corrected chi connectivity index (χ0v) is 24.6. The summed E-state index contributed by atoms with van der Waals surface area (Å²) in [5.74, 6) is 1.32. The minimum Gasteiger partial charge on any atom is -0.494 e. The molecule has 3 rings (SSSR count). The molecule has 40 heavy (non-hydrogen) atoms. The first kappa shape index (κ1) is 30.7.